The molecule has 0 aromatic heterocycles. The van der Waals surface area contributed by atoms with Crippen molar-refractivity contribution in [3.8, 4) is 0 Å². The third-order valence-corrected chi connectivity index (χ3v) is 3.17. The van der Waals surface area contributed by atoms with Gasteiger partial charge < -0.3 is 11.1 Å². The van der Waals surface area contributed by atoms with E-state index in [2.05, 4.69) is 12.2 Å². The van der Waals surface area contributed by atoms with Crippen molar-refractivity contribution in [3.05, 3.63) is 0 Å². The molecule has 0 aromatic carbocycles. The molecule has 0 heterocycles. The summed E-state index contributed by atoms with van der Waals surface area (Å²) in [4.78, 5) is 0. The van der Waals surface area contributed by atoms with E-state index in [0.717, 1.165) is 25.3 Å². The minimum absolute atomic E-state index is 0.399. The summed E-state index contributed by atoms with van der Waals surface area (Å²) < 4.78 is 0. The highest BCUT2D eigenvalue weighted by Gasteiger charge is 2.15. The lowest BCUT2D eigenvalue weighted by atomic mass is 9.83. The first-order valence-electron chi connectivity index (χ1n) is 5.79. The van der Waals surface area contributed by atoms with Gasteiger partial charge in [0.15, 0.2) is 0 Å². The molecule has 1 saturated carbocycles. The fourth-order valence-corrected chi connectivity index (χ4v) is 1.70. The molecule has 0 aliphatic heterocycles. The smallest absolute Gasteiger partial charge is 0.00482 e. The van der Waals surface area contributed by atoms with Gasteiger partial charge in [0.2, 0.25) is 0 Å². The second kappa shape index (κ2) is 6.39. The molecule has 1 aliphatic carbocycles. The van der Waals surface area contributed by atoms with Gasteiger partial charge in [-0.15, -0.1) is 0 Å². The molecule has 0 aromatic rings. The van der Waals surface area contributed by atoms with Crippen LogP contribution in [0.5, 0.6) is 0 Å². The van der Waals surface area contributed by atoms with Gasteiger partial charge in [-0.3, -0.25) is 0 Å². The van der Waals surface area contributed by atoms with E-state index >= 15 is 0 Å². The topological polar surface area (TPSA) is 38.0 Å². The Labute approximate surface area is 82.3 Å². The standard InChI is InChI=1S/C11H24N2/c1-2-11(12)7-9-13-8-6-10-4-3-5-10/h10-11,13H,2-9,12H2,1H3. The summed E-state index contributed by atoms with van der Waals surface area (Å²) >= 11 is 0. The lowest BCUT2D eigenvalue weighted by molar-refractivity contribution is 0.292. The summed E-state index contributed by atoms with van der Waals surface area (Å²) in [7, 11) is 0. The second-order valence-electron chi connectivity index (χ2n) is 4.29. The van der Waals surface area contributed by atoms with Crippen LogP contribution >= 0.6 is 0 Å². The highest BCUT2D eigenvalue weighted by molar-refractivity contribution is 4.70. The first kappa shape index (κ1) is 11.0. The molecule has 1 atom stereocenters. The summed E-state index contributed by atoms with van der Waals surface area (Å²) in [6.07, 6.45) is 8.00. The van der Waals surface area contributed by atoms with Crippen LogP contribution in [0.1, 0.15) is 45.4 Å². The Morgan fingerprint density at radius 2 is 2.15 bits per heavy atom. The Kier molecular flexibility index (Phi) is 5.40. The fraction of sp³-hybridized carbons (Fsp3) is 1.00. The predicted octanol–water partition coefficient (Wildman–Crippen LogP) is 1.89. The van der Waals surface area contributed by atoms with Crippen LogP contribution in [0.3, 0.4) is 0 Å². The monoisotopic (exact) mass is 184 g/mol. The SMILES string of the molecule is CCC(N)CCNCCC1CCC1. The molecule has 13 heavy (non-hydrogen) atoms. The summed E-state index contributed by atoms with van der Waals surface area (Å²) in [6.45, 7) is 4.45. The third kappa shape index (κ3) is 4.63. The average Bonchev–Trinajstić information content (AvgIpc) is 2.07. The number of hydrogen-bond donors (Lipinski definition) is 2. The first-order chi connectivity index (χ1) is 6.33. The predicted molar refractivity (Wildman–Crippen MR) is 57.7 cm³/mol. The number of nitrogens with one attached hydrogen (secondary N) is 1. The van der Waals surface area contributed by atoms with Crippen LogP contribution in [0.4, 0.5) is 0 Å². The summed E-state index contributed by atoms with van der Waals surface area (Å²) in [5, 5.41) is 3.47. The molecule has 1 fully saturated rings. The largest absolute Gasteiger partial charge is 0.328 e. The van der Waals surface area contributed by atoms with E-state index in [1.54, 1.807) is 0 Å². The van der Waals surface area contributed by atoms with Crippen LogP contribution in [-0.4, -0.2) is 19.1 Å². The molecule has 0 bridgehead atoms. The zero-order valence-electron chi connectivity index (χ0n) is 8.89. The van der Waals surface area contributed by atoms with Crippen LogP contribution in [0, 0.1) is 5.92 Å². The molecule has 1 rings (SSSR count). The highest BCUT2D eigenvalue weighted by atomic mass is 14.9. The molecule has 1 aliphatic rings. The van der Waals surface area contributed by atoms with E-state index in [9.17, 15) is 0 Å². The minimum Gasteiger partial charge on any atom is -0.328 e. The third-order valence-electron chi connectivity index (χ3n) is 3.17. The quantitative estimate of drug-likeness (QED) is 0.593. The molecule has 3 N–H and O–H groups in total. The number of nitrogens with two attached hydrogens (primary N) is 1. The summed E-state index contributed by atoms with van der Waals surface area (Å²) in [5.74, 6) is 1.03. The Bertz CT molecular complexity index is 115. The maximum absolute atomic E-state index is 5.81. The van der Waals surface area contributed by atoms with E-state index in [-0.39, 0.29) is 0 Å². The van der Waals surface area contributed by atoms with Gasteiger partial charge in [0.25, 0.3) is 0 Å². The van der Waals surface area contributed by atoms with Gasteiger partial charge >= 0.3 is 0 Å². The van der Waals surface area contributed by atoms with Crippen LogP contribution in [0.2, 0.25) is 0 Å². The lowest BCUT2D eigenvalue weighted by Gasteiger charge is -2.25. The van der Waals surface area contributed by atoms with Gasteiger partial charge in [-0.2, -0.15) is 0 Å². The molecule has 78 valence electrons. The molecule has 0 spiro atoms. The first-order valence-corrected chi connectivity index (χ1v) is 5.79. The minimum atomic E-state index is 0.399. The average molecular weight is 184 g/mol. The van der Waals surface area contributed by atoms with E-state index in [0.29, 0.717) is 6.04 Å². The molecule has 2 heteroatoms. The second-order valence-corrected chi connectivity index (χ2v) is 4.29. The highest BCUT2D eigenvalue weighted by Crippen LogP contribution is 2.28. The summed E-state index contributed by atoms with van der Waals surface area (Å²) in [6, 6.07) is 0.399. The normalized spacial score (nSPS) is 19.8. The molecule has 1 unspecified atom stereocenters. The van der Waals surface area contributed by atoms with Gasteiger partial charge in [-0.1, -0.05) is 26.2 Å². The van der Waals surface area contributed by atoms with Crippen molar-refractivity contribution in [2.24, 2.45) is 11.7 Å². The Balaban J connectivity index is 1.78. The maximum Gasteiger partial charge on any atom is 0.00482 e. The zero-order valence-corrected chi connectivity index (χ0v) is 8.89. The molecule has 2 nitrogen and oxygen atoms in total. The van der Waals surface area contributed by atoms with Crippen LogP contribution in [0.15, 0.2) is 0 Å². The molecule has 0 radical (unpaired) electrons. The van der Waals surface area contributed by atoms with Crippen molar-refractivity contribution in [2.75, 3.05) is 13.1 Å². The maximum atomic E-state index is 5.81. The molecular weight excluding hydrogens is 160 g/mol. The van der Waals surface area contributed by atoms with E-state index in [4.69, 9.17) is 5.73 Å². The molecule has 0 amide bonds. The Hall–Kier alpha value is -0.0800. The number of rotatable bonds is 7. The van der Waals surface area contributed by atoms with Crippen LogP contribution in [-0.2, 0) is 0 Å². The summed E-state index contributed by atoms with van der Waals surface area (Å²) in [5.41, 5.74) is 5.81. The van der Waals surface area contributed by atoms with Gasteiger partial charge in [0, 0.05) is 6.04 Å². The van der Waals surface area contributed by atoms with Gasteiger partial charge in [-0.05, 0) is 38.3 Å². The van der Waals surface area contributed by atoms with Crippen LogP contribution < -0.4 is 11.1 Å². The van der Waals surface area contributed by atoms with Crippen molar-refractivity contribution in [3.63, 3.8) is 0 Å². The zero-order chi connectivity index (χ0) is 9.52. The van der Waals surface area contributed by atoms with Gasteiger partial charge in [0.1, 0.15) is 0 Å². The van der Waals surface area contributed by atoms with Gasteiger partial charge in [-0.25, -0.2) is 0 Å². The van der Waals surface area contributed by atoms with E-state index in [1.807, 2.05) is 0 Å². The lowest BCUT2D eigenvalue weighted by Crippen LogP contribution is -2.27. The van der Waals surface area contributed by atoms with Crippen molar-refractivity contribution >= 4 is 0 Å². The fourth-order valence-electron chi connectivity index (χ4n) is 1.70. The van der Waals surface area contributed by atoms with Crippen LogP contribution in [0.25, 0.3) is 0 Å². The van der Waals surface area contributed by atoms with E-state index < -0.39 is 0 Å². The van der Waals surface area contributed by atoms with Crippen molar-refractivity contribution < 1.29 is 0 Å². The van der Waals surface area contributed by atoms with Crippen molar-refractivity contribution in [1.29, 1.82) is 0 Å². The van der Waals surface area contributed by atoms with Crippen molar-refractivity contribution in [1.82, 2.24) is 5.32 Å². The van der Waals surface area contributed by atoms with Crippen molar-refractivity contribution in [2.45, 2.75) is 51.5 Å². The molecular formula is C11H24N2. The Morgan fingerprint density at radius 1 is 1.38 bits per heavy atom. The number of hydrogen-bond acceptors (Lipinski definition) is 2. The van der Waals surface area contributed by atoms with E-state index in [1.165, 1.54) is 32.2 Å². The van der Waals surface area contributed by atoms with Gasteiger partial charge in [0.05, 0.1) is 0 Å². The Morgan fingerprint density at radius 3 is 2.69 bits per heavy atom. The molecule has 0 saturated heterocycles.